The summed E-state index contributed by atoms with van der Waals surface area (Å²) >= 11 is 0. The van der Waals surface area contributed by atoms with Crippen molar-refractivity contribution < 1.29 is 14.7 Å². The standard InChI is InChI=1S/C10H8O3/c11-9-5-4-6-7(9)2-1-3-8(6)10(12)13/h1-3H,4-5H2,(H,12,13). The van der Waals surface area contributed by atoms with E-state index in [4.69, 9.17) is 5.11 Å². The lowest BCUT2D eigenvalue weighted by Crippen LogP contribution is -2.02. The van der Waals surface area contributed by atoms with Crippen molar-refractivity contribution in [1.82, 2.24) is 0 Å². The summed E-state index contributed by atoms with van der Waals surface area (Å²) in [6, 6.07) is 4.85. The van der Waals surface area contributed by atoms with Crippen LogP contribution in [0.3, 0.4) is 0 Å². The third-order valence-electron chi connectivity index (χ3n) is 2.31. The maximum atomic E-state index is 11.2. The second-order valence-electron chi connectivity index (χ2n) is 3.06. The normalized spacial score (nSPS) is 14.3. The van der Waals surface area contributed by atoms with Crippen LogP contribution in [0.25, 0.3) is 0 Å². The van der Waals surface area contributed by atoms with Crippen LogP contribution in [0.5, 0.6) is 0 Å². The third-order valence-corrected chi connectivity index (χ3v) is 2.31. The highest BCUT2D eigenvalue weighted by atomic mass is 16.4. The molecule has 3 heteroatoms. The van der Waals surface area contributed by atoms with Crippen LogP contribution < -0.4 is 0 Å². The summed E-state index contributed by atoms with van der Waals surface area (Å²) in [6.45, 7) is 0. The third kappa shape index (κ3) is 1.13. The molecule has 0 saturated heterocycles. The second-order valence-corrected chi connectivity index (χ2v) is 3.06. The minimum Gasteiger partial charge on any atom is -0.478 e. The van der Waals surface area contributed by atoms with E-state index in [2.05, 4.69) is 0 Å². The van der Waals surface area contributed by atoms with Gasteiger partial charge in [-0.2, -0.15) is 0 Å². The van der Waals surface area contributed by atoms with Gasteiger partial charge in [0.15, 0.2) is 5.78 Å². The van der Waals surface area contributed by atoms with Gasteiger partial charge in [0.05, 0.1) is 5.56 Å². The van der Waals surface area contributed by atoms with Crippen LogP contribution in [-0.4, -0.2) is 16.9 Å². The summed E-state index contributed by atoms with van der Waals surface area (Å²) in [5.74, 6) is -0.898. The number of carbonyl (C=O) groups is 2. The number of benzene rings is 1. The van der Waals surface area contributed by atoms with Gasteiger partial charge in [0.1, 0.15) is 0 Å². The fraction of sp³-hybridized carbons (Fsp3) is 0.200. The van der Waals surface area contributed by atoms with Gasteiger partial charge in [-0.3, -0.25) is 4.79 Å². The van der Waals surface area contributed by atoms with Crippen LogP contribution in [0, 0.1) is 0 Å². The molecule has 0 aromatic heterocycles. The molecule has 1 aromatic carbocycles. The van der Waals surface area contributed by atoms with Crippen molar-refractivity contribution >= 4 is 11.8 Å². The van der Waals surface area contributed by atoms with Crippen molar-refractivity contribution in [3.63, 3.8) is 0 Å². The summed E-state index contributed by atoms with van der Waals surface area (Å²) in [5.41, 5.74) is 1.54. The predicted molar refractivity (Wildman–Crippen MR) is 46.1 cm³/mol. The van der Waals surface area contributed by atoms with E-state index in [0.717, 1.165) is 0 Å². The van der Waals surface area contributed by atoms with Gasteiger partial charge < -0.3 is 5.11 Å². The Hall–Kier alpha value is -1.64. The lowest BCUT2D eigenvalue weighted by molar-refractivity contribution is 0.0695. The number of Topliss-reactive ketones (excluding diaryl/α,β-unsaturated/α-hetero) is 1. The molecule has 0 aliphatic heterocycles. The maximum absolute atomic E-state index is 11.2. The average Bonchev–Trinajstić information content (AvgIpc) is 2.48. The van der Waals surface area contributed by atoms with Crippen LogP contribution in [0.2, 0.25) is 0 Å². The zero-order chi connectivity index (χ0) is 9.42. The fourth-order valence-electron chi connectivity index (χ4n) is 1.69. The summed E-state index contributed by atoms with van der Waals surface area (Å²) in [5, 5.41) is 8.82. The molecule has 13 heavy (non-hydrogen) atoms. The van der Waals surface area contributed by atoms with E-state index in [-0.39, 0.29) is 11.3 Å². The van der Waals surface area contributed by atoms with Gasteiger partial charge in [0.2, 0.25) is 0 Å². The van der Waals surface area contributed by atoms with Crippen molar-refractivity contribution in [3.8, 4) is 0 Å². The SMILES string of the molecule is O=C(O)c1cccc2c1CCC2=O. The van der Waals surface area contributed by atoms with Gasteiger partial charge in [-0.05, 0) is 18.1 Å². The van der Waals surface area contributed by atoms with Gasteiger partial charge in [-0.15, -0.1) is 0 Å². The van der Waals surface area contributed by atoms with E-state index in [1.165, 1.54) is 0 Å². The van der Waals surface area contributed by atoms with E-state index in [0.29, 0.717) is 24.0 Å². The lowest BCUT2D eigenvalue weighted by atomic mass is 10.0. The van der Waals surface area contributed by atoms with E-state index in [9.17, 15) is 9.59 Å². The van der Waals surface area contributed by atoms with E-state index in [1.807, 2.05) is 0 Å². The molecular weight excluding hydrogens is 168 g/mol. The van der Waals surface area contributed by atoms with E-state index >= 15 is 0 Å². The Morgan fingerprint density at radius 1 is 1.31 bits per heavy atom. The average molecular weight is 176 g/mol. The van der Waals surface area contributed by atoms with Gasteiger partial charge >= 0.3 is 5.97 Å². The Morgan fingerprint density at radius 2 is 2.08 bits per heavy atom. The number of ketones is 1. The molecule has 0 radical (unpaired) electrons. The minimum atomic E-state index is -0.952. The molecule has 1 aromatic rings. The van der Waals surface area contributed by atoms with E-state index in [1.54, 1.807) is 18.2 Å². The molecule has 0 heterocycles. The number of carboxylic acids is 1. The Labute approximate surface area is 75.0 Å². The van der Waals surface area contributed by atoms with Crippen molar-refractivity contribution in [2.24, 2.45) is 0 Å². The second kappa shape index (κ2) is 2.69. The molecule has 2 rings (SSSR count). The number of hydrogen-bond acceptors (Lipinski definition) is 2. The van der Waals surface area contributed by atoms with Crippen LogP contribution in [-0.2, 0) is 6.42 Å². The Bertz CT molecular complexity index is 393. The number of hydrogen-bond donors (Lipinski definition) is 1. The molecule has 0 spiro atoms. The van der Waals surface area contributed by atoms with Crippen molar-refractivity contribution in [2.45, 2.75) is 12.8 Å². The largest absolute Gasteiger partial charge is 0.478 e. The van der Waals surface area contributed by atoms with E-state index < -0.39 is 5.97 Å². The number of carboxylic acid groups (broad SMARTS) is 1. The number of rotatable bonds is 1. The molecule has 1 N–H and O–H groups in total. The first-order valence-corrected chi connectivity index (χ1v) is 4.08. The molecule has 1 aliphatic rings. The monoisotopic (exact) mass is 176 g/mol. The van der Waals surface area contributed by atoms with Gasteiger partial charge in [0, 0.05) is 12.0 Å². The van der Waals surface area contributed by atoms with Crippen molar-refractivity contribution in [2.75, 3.05) is 0 Å². The number of fused-ring (bicyclic) bond motifs is 1. The Balaban J connectivity index is 2.63. The highest BCUT2D eigenvalue weighted by Crippen LogP contribution is 2.24. The zero-order valence-electron chi connectivity index (χ0n) is 6.91. The van der Waals surface area contributed by atoms with Crippen molar-refractivity contribution in [1.29, 1.82) is 0 Å². The first kappa shape index (κ1) is 7.98. The summed E-state index contributed by atoms with van der Waals surface area (Å²) in [6.07, 6.45) is 1.01. The maximum Gasteiger partial charge on any atom is 0.335 e. The topological polar surface area (TPSA) is 54.4 Å². The number of aromatic carboxylic acids is 1. The van der Waals surface area contributed by atoms with Gasteiger partial charge in [0.25, 0.3) is 0 Å². The molecule has 1 aliphatic carbocycles. The molecule has 0 bridgehead atoms. The molecule has 3 nitrogen and oxygen atoms in total. The minimum absolute atomic E-state index is 0.0538. The highest BCUT2D eigenvalue weighted by molar-refractivity contribution is 6.04. The Kier molecular flexibility index (Phi) is 1.65. The zero-order valence-corrected chi connectivity index (χ0v) is 6.91. The molecule has 0 saturated carbocycles. The van der Waals surface area contributed by atoms with Crippen LogP contribution >= 0.6 is 0 Å². The van der Waals surface area contributed by atoms with Gasteiger partial charge in [-0.25, -0.2) is 4.79 Å². The lowest BCUT2D eigenvalue weighted by Gasteiger charge is -2.01. The van der Waals surface area contributed by atoms with Crippen LogP contribution in [0.4, 0.5) is 0 Å². The quantitative estimate of drug-likeness (QED) is 0.705. The fourth-order valence-corrected chi connectivity index (χ4v) is 1.69. The number of carbonyl (C=O) groups excluding carboxylic acids is 1. The smallest absolute Gasteiger partial charge is 0.335 e. The van der Waals surface area contributed by atoms with Crippen molar-refractivity contribution in [3.05, 3.63) is 34.9 Å². The highest BCUT2D eigenvalue weighted by Gasteiger charge is 2.23. The summed E-state index contributed by atoms with van der Waals surface area (Å²) in [4.78, 5) is 22.0. The molecule has 66 valence electrons. The molecule has 0 amide bonds. The molecule has 0 unspecified atom stereocenters. The predicted octanol–water partition coefficient (Wildman–Crippen LogP) is 1.51. The first-order valence-electron chi connectivity index (χ1n) is 4.08. The van der Waals surface area contributed by atoms with Crippen LogP contribution in [0.1, 0.15) is 32.7 Å². The molecule has 0 atom stereocenters. The first-order chi connectivity index (χ1) is 6.20. The van der Waals surface area contributed by atoms with Gasteiger partial charge in [-0.1, -0.05) is 12.1 Å². The molecule has 0 fully saturated rings. The Morgan fingerprint density at radius 3 is 2.77 bits per heavy atom. The van der Waals surface area contributed by atoms with Crippen LogP contribution in [0.15, 0.2) is 18.2 Å². The molecular formula is C10H8O3. The summed E-state index contributed by atoms with van der Waals surface area (Å²) in [7, 11) is 0. The summed E-state index contributed by atoms with van der Waals surface area (Å²) < 4.78 is 0.